The van der Waals surface area contributed by atoms with Gasteiger partial charge in [0.25, 0.3) is 0 Å². The second kappa shape index (κ2) is 5.76. The van der Waals surface area contributed by atoms with E-state index in [0.29, 0.717) is 10.6 Å². The van der Waals surface area contributed by atoms with E-state index in [4.69, 9.17) is 22.7 Å². The molecule has 19 heavy (non-hydrogen) atoms. The minimum absolute atomic E-state index is 0.0254. The number of hydrogen-bond acceptors (Lipinski definition) is 2. The average Bonchev–Trinajstić information content (AvgIpc) is 2.39. The molecule has 0 heterocycles. The van der Waals surface area contributed by atoms with Gasteiger partial charge in [0, 0.05) is 29.9 Å². The largest absolute Gasteiger partial charge is 0.384 e. The maximum absolute atomic E-state index is 7.64. The number of benzene rings is 2. The van der Waals surface area contributed by atoms with Gasteiger partial charge in [-0.3, -0.25) is 5.41 Å². The van der Waals surface area contributed by atoms with Crippen molar-refractivity contribution in [3.8, 4) is 0 Å². The summed E-state index contributed by atoms with van der Waals surface area (Å²) in [6.45, 7) is 0.753. The molecule has 0 aliphatic carbocycles. The van der Waals surface area contributed by atoms with Gasteiger partial charge in [-0.2, -0.15) is 0 Å². The van der Waals surface area contributed by atoms with Gasteiger partial charge in [0.2, 0.25) is 0 Å². The van der Waals surface area contributed by atoms with Gasteiger partial charge in [-0.1, -0.05) is 41.9 Å². The number of nitrogen functional groups attached to an aromatic ring is 1. The van der Waals surface area contributed by atoms with Crippen LogP contribution >= 0.6 is 11.6 Å². The van der Waals surface area contributed by atoms with Crippen LogP contribution in [0.4, 0.5) is 5.69 Å². The van der Waals surface area contributed by atoms with Crippen LogP contribution in [0, 0.1) is 5.41 Å². The van der Waals surface area contributed by atoms with Crippen LogP contribution in [-0.4, -0.2) is 12.9 Å². The van der Waals surface area contributed by atoms with E-state index in [9.17, 15) is 0 Å². The number of hydrogen-bond donors (Lipinski definition) is 2. The van der Waals surface area contributed by atoms with Crippen LogP contribution in [0.5, 0.6) is 0 Å². The summed E-state index contributed by atoms with van der Waals surface area (Å²) in [6.07, 6.45) is 0. The molecule has 0 saturated heterocycles. The number of nitrogens with one attached hydrogen (secondary N) is 1. The van der Waals surface area contributed by atoms with Crippen LogP contribution in [0.3, 0.4) is 0 Å². The molecule has 98 valence electrons. The number of nitrogens with zero attached hydrogens (tertiary/aromatic N) is 1. The smallest absolute Gasteiger partial charge is 0.124 e. The molecule has 0 unspecified atom stereocenters. The van der Waals surface area contributed by atoms with E-state index in [0.717, 1.165) is 12.2 Å². The maximum Gasteiger partial charge on any atom is 0.124 e. The minimum atomic E-state index is 0.0254. The first kappa shape index (κ1) is 13.4. The van der Waals surface area contributed by atoms with Gasteiger partial charge in [-0.15, -0.1) is 0 Å². The molecule has 2 rings (SSSR count). The van der Waals surface area contributed by atoms with Crippen molar-refractivity contribution in [3.05, 3.63) is 64.7 Å². The highest BCUT2D eigenvalue weighted by Crippen LogP contribution is 2.24. The van der Waals surface area contributed by atoms with Gasteiger partial charge in [0.05, 0.1) is 0 Å². The Hall–Kier alpha value is -2.00. The van der Waals surface area contributed by atoms with E-state index < -0.39 is 0 Å². The Balaban J connectivity index is 2.28. The van der Waals surface area contributed by atoms with Crippen LogP contribution in [0.15, 0.2) is 48.5 Å². The van der Waals surface area contributed by atoms with Crippen molar-refractivity contribution in [2.24, 2.45) is 5.73 Å². The SMILES string of the molecule is CN(Cc1ccccc1)c1ccc(Cl)cc1C(=N)N. The van der Waals surface area contributed by atoms with Gasteiger partial charge in [-0.05, 0) is 23.8 Å². The third-order valence-electron chi connectivity index (χ3n) is 2.92. The lowest BCUT2D eigenvalue weighted by molar-refractivity contribution is 0.921. The molecule has 0 saturated carbocycles. The highest BCUT2D eigenvalue weighted by atomic mass is 35.5. The highest BCUT2D eigenvalue weighted by Gasteiger charge is 2.10. The molecule has 0 bridgehead atoms. The summed E-state index contributed by atoms with van der Waals surface area (Å²) in [5, 5.41) is 8.22. The van der Waals surface area contributed by atoms with Crippen molar-refractivity contribution in [2.75, 3.05) is 11.9 Å². The monoisotopic (exact) mass is 273 g/mol. The van der Waals surface area contributed by atoms with Gasteiger partial charge >= 0.3 is 0 Å². The second-order valence-corrected chi connectivity index (χ2v) is 4.85. The Labute approximate surface area is 118 Å². The van der Waals surface area contributed by atoms with E-state index in [1.807, 2.05) is 37.4 Å². The number of rotatable bonds is 4. The van der Waals surface area contributed by atoms with Crippen molar-refractivity contribution in [3.63, 3.8) is 0 Å². The number of amidine groups is 1. The normalized spacial score (nSPS) is 10.2. The average molecular weight is 274 g/mol. The fraction of sp³-hybridized carbons (Fsp3) is 0.133. The van der Waals surface area contributed by atoms with Crippen LogP contribution in [0.2, 0.25) is 5.02 Å². The lowest BCUT2D eigenvalue weighted by Crippen LogP contribution is -2.22. The molecule has 0 spiro atoms. The Kier molecular flexibility index (Phi) is 4.07. The van der Waals surface area contributed by atoms with Crippen molar-refractivity contribution >= 4 is 23.1 Å². The van der Waals surface area contributed by atoms with E-state index >= 15 is 0 Å². The quantitative estimate of drug-likeness (QED) is 0.664. The molecule has 0 radical (unpaired) electrons. The molecule has 0 aromatic heterocycles. The summed E-state index contributed by atoms with van der Waals surface area (Å²) in [4.78, 5) is 2.06. The summed E-state index contributed by atoms with van der Waals surface area (Å²) in [5.41, 5.74) is 8.38. The Morgan fingerprint density at radius 3 is 2.53 bits per heavy atom. The molecule has 3 N–H and O–H groups in total. The lowest BCUT2D eigenvalue weighted by Gasteiger charge is -2.22. The van der Waals surface area contributed by atoms with Crippen LogP contribution < -0.4 is 10.6 Å². The van der Waals surface area contributed by atoms with Gasteiger partial charge in [-0.25, -0.2) is 0 Å². The molecule has 0 fully saturated rings. The Bertz CT molecular complexity index is 581. The molecule has 0 aliphatic rings. The molecule has 0 atom stereocenters. The van der Waals surface area contributed by atoms with Crippen molar-refractivity contribution < 1.29 is 0 Å². The van der Waals surface area contributed by atoms with Gasteiger partial charge in [0.15, 0.2) is 0 Å². The van der Waals surface area contributed by atoms with E-state index in [1.54, 1.807) is 6.07 Å². The summed E-state index contributed by atoms with van der Waals surface area (Å²) in [7, 11) is 1.97. The minimum Gasteiger partial charge on any atom is -0.384 e. The zero-order valence-electron chi connectivity index (χ0n) is 10.7. The molecule has 3 nitrogen and oxygen atoms in total. The van der Waals surface area contributed by atoms with Crippen molar-refractivity contribution in [1.82, 2.24) is 0 Å². The second-order valence-electron chi connectivity index (χ2n) is 4.42. The summed E-state index contributed by atoms with van der Waals surface area (Å²) < 4.78 is 0. The Morgan fingerprint density at radius 2 is 1.89 bits per heavy atom. The van der Waals surface area contributed by atoms with Gasteiger partial charge < -0.3 is 10.6 Å². The molecule has 4 heteroatoms. The fourth-order valence-corrected chi connectivity index (χ4v) is 2.17. The number of nitrogens with two attached hydrogens (primary N) is 1. The van der Waals surface area contributed by atoms with E-state index in [2.05, 4.69) is 17.0 Å². The van der Waals surface area contributed by atoms with Crippen LogP contribution in [-0.2, 0) is 6.54 Å². The van der Waals surface area contributed by atoms with Crippen LogP contribution in [0.1, 0.15) is 11.1 Å². The predicted molar refractivity (Wildman–Crippen MR) is 81.0 cm³/mol. The van der Waals surface area contributed by atoms with Crippen LogP contribution in [0.25, 0.3) is 0 Å². The first-order chi connectivity index (χ1) is 9.08. The highest BCUT2D eigenvalue weighted by molar-refractivity contribution is 6.31. The van der Waals surface area contributed by atoms with Gasteiger partial charge in [0.1, 0.15) is 5.84 Å². The zero-order valence-corrected chi connectivity index (χ0v) is 11.5. The summed E-state index contributed by atoms with van der Waals surface area (Å²) >= 11 is 5.96. The summed E-state index contributed by atoms with van der Waals surface area (Å²) in [6, 6.07) is 15.6. The molecule has 0 amide bonds. The first-order valence-electron chi connectivity index (χ1n) is 5.97. The molecule has 2 aromatic carbocycles. The predicted octanol–water partition coefficient (Wildman–Crippen LogP) is 3.26. The van der Waals surface area contributed by atoms with E-state index in [-0.39, 0.29) is 5.84 Å². The number of anilines is 1. The maximum atomic E-state index is 7.64. The summed E-state index contributed by atoms with van der Waals surface area (Å²) in [5.74, 6) is 0.0254. The standard InChI is InChI=1S/C15H16ClN3/c1-19(10-11-5-3-2-4-6-11)14-8-7-12(16)9-13(14)15(17)18/h2-9H,10H2,1H3,(H3,17,18). The third-order valence-corrected chi connectivity index (χ3v) is 3.16. The lowest BCUT2D eigenvalue weighted by atomic mass is 10.1. The zero-order chi connectivity index (χ0) is 13.8. The first-order valence-corrected chi connectivity index (χ1v) is 6.34. The molecular formula is C15H16ClN3. The fourth-order valence-electron chi connectivity index (χ4n) is 2.00. The molecular weight excluding hydrogens is 258 g/mol. The van der Waals surface area contributed by atoms with Crippen molar-refractivity contribution in [1.29, 1.82) is 5.41 Å². The van der Waals surface area contributed by atoms with E-state index in [1.165, 1.54) is 5.56 Å². The Morgan fingerprint density at radius 1 is 1.21 bits per heavy atom. The van der Waals surface area contributed by atoms with Crippen molar-refractivity contribution in [2.45, 2.75) is 6.54 Å². The number of halogens is 1. The topological polar surface area (TPSA) is 53.1 Å². The third kappa shape index (κ3) is 3.26. The molecule has 2 aromatic rings. The molecule has 0 aliphatic heterocycles.